The second-order valence-electron chi connectivity index (χ2n) is 6.00. The molecule has 3 rings (SSSR count). The van der Waals surface area contributed by atoms with Crippen LogP contribution in [0.25, 0.3) is 0 Å². The molecule has 3 N–H and O–H groups in total. The number of ketones is 1. The van der Waals surface area contributed by atoms with E-state index in [1.807, 2.05) is 56.3 Å². The molecule has 0 atom stereocenters. The van der Waals surface area contributed by atoms with Gasteiger partial charge in [0.05, 0.1) is 5.69 Å². The molecule has 0 saturated carbocycles. The number of aromatic nitrogens is 3. The molecule has 0 unspecified atom stereocenters. The molecular formula is C18H18BrN5OS. The number of hydrogen-bond acceptors (Lipinski definition) is 5. The van der Waals surface area contributed by atoms with Crippen molar-refractivity contribution < 1.29 is 4.79 Å². The molecule has 0 spiro atoms. The van der Waals surface area contributed by atoms with Gasteiger partial charge in [-0.2, -0.15) is 4.68 Å². The molecule has 134 valence electrons. The monoisotopic (exact) mass is 431 g/mol. The van der Waals surface area contributed by atoms with E-state index in [0.29, 0.717) is 10.3 Å². The van der Waals surface area contributed by atoms with Gasteiger partial charge in [-0.05, 0) is 55.9 Å². The third kappa shape index (κ3) is 3.86. The highest BCUT2D eigenvalue weighted by Crippen LogP contribution is 2.17. The van der Waals surface area contributed by atoms with Gasteiger partial charge in [0.1, 0.15) is 6.54 Å². The number of Topliss-reactive ketones (excluding diaryl/α,β-unsaturated/α-hetero) is 1. The lowest BCUT2D eigenvalue weighted by Gasteiger charge is -2.08. The van der Waals surface area contributed by atoms with Crippen LogP contribution in [0.4, 0.5) is 11.6 Å². The number of aryl methyl sites for hydroxylation is 2. The van der Waals surface area contributed by atoms with Gasteiger partial charge in [-0.3, -0.25) is 10.2 Å². The van der Waals surface area contributed by atoms with Crippen molar-refractivity contribution in [3.63, 3.8) is 0 Å². The molecule has 0 amide bonds. The molecule has 3 aromatic rings. The molecule has 0 radical (unpaired) electrons. The first-order valence-electron chi connectivity index (χ1n) is 7.93. The molecule has 6 nitrogen and oxygen atoms in total. The SMILES string of the molecule is Cc1ccc(C)c(C(=O)Cn2nc(N)n(Nc3cccc(Br)c3)c2=S)c1. The molecule has 0 saturated heterocycles. The van der Waals surface area contributed by atoms with Gasteiger partial charge in [0.25, 0.3) is 0 Å². The van der Waals surface area contributed by atoms with E-state index in [0.717, 1.165) is 21.3 Å². The van der Waals surface area contributed by atoms with Crippen LogP contribution >= 0.6 is 28.1 Å². The number of hydrogen-bond donors (Lipinski definition) is 2. The van der Waals surface area contributed by atoms with E-state index in [-0.39, 0.29) is 18.3 Å². The molecule has 26 heavy (non-hydrogen) atoms. The van der Waals surface area contributed by atoms with E-state index in [1.54, 1.807) is 0 Å². The number of nitrogens with zero attached hydrogens (tertiary/aromatic N) is 3. The fraction of sp³-hybridized carbons (Fsp3) is 0.167. The summed E-state index contributed by atoms with van der Waals surface area (Å²) in [6.45, 7) is 3.89. The van der Waals surface area contributed by atoms with Crippen LogP contribution in [-0.4, -0.2) is 20.2 Å². The zero-order valence-electron chi connectivity index (χ0n) is 14.4. The minimum Gasteiger partial charge on any atom is -0.366 e. The van der Waals surface area contributed by atoms with Gasteiger partial charge in [0.15, 0.2) is 5.78 Å². The highest BCUT2D eigenvalue weighted by molar-refractivity contribution is 9.10. The normalized spacial score (nSPS) is 10.7. The standard InChI is InChI=1S/C18H18BrN5OS/c1-11-6-7-12(2)15(8-11)16(25)10-23-18(26)24(17(20)22-23)21-14-5-3-4-13(19)9-14/h3-9,21H,10H2,1-2H3,(H2,20,22). The summed E-state index contributed by atoms with van der Waals surface area (Å²) in [4.78, 5) is 12.7. The van der Waals surface area contributed by atoms with Gasteiger partial charge < -0.3 is 5.73 Å². The van der Waals surface area contributed by atoms with E-state index < -0.39 is 0 Å². The minimum absolute atomic E-state index is 0.0283. The van der Waals surface area contributed by atoms with Crippen LogP contribution in [0.3, 0.4) is 0 Å². The Morgan fingerprint density at radius 3 is 2.77 bits per heavy atom. The van der Waals surface area contributed by atoms with Crippen LogP contribution in [0, 0.1) is 18.6 Å². The Hall–Kier alpha value is -2.45. The fourth-order valence-electron chi connectivity index (χ4n) is 2.58. The lowest BCUT2D eigenvalue weighted by atomic mass is 10.0. The molecule has 0 aliphatic rings. The predicted octanol–water partition coefficient (Wildman–Crippen LogP) is 4.13. The number of carbonyl (C=O) groups is 1. The number of nitrogens with one attached hydrogen (secondary N) is 1. The van der Waals surface area contributed by atoms with Gasteiger partial charge in [0.2, 0.25) is 10.7 Å². The maximum atomic E-state index is 12.7. The zero-order valence-corrected chi connectivity index (χ0v) is 16.8. The molecule has 0 aliphatic carbocycles. The first-order chi connectivity index (χ1) is 12.3. The lowest BCUT2D eigenvalue weighted by molar-refractivity contribution is 0.0966. The van der Waals surface area contributed by atoms with Gasteiger partial charge in [-0.25, -0.2) is 4.68 Å². The second-order valence-corrected chi connectivity index (χ2v) is 7.28. The van der Waals surface area contributed by atoms with Crippen LogP contribution in [0.1, 0.15) is 21.5 Å². The summed E-state index contributed by atoms with van der Waals surface area (Å²) in [7, 11) is 0. The number of nitrogen functional groups attached to an aromatic ring is 1. The zero-order chi connectivity index (χ0) is 18.8. The van der Waals surface area contributed by atoms with E-state index in [2.05, 4.69) is 26.5 Å². The summed E-state index contributed by atoms with van der Waals surface area (Å²) in [6, 6.07) is 13.4. The first-order valence-corrected chi connectivity index (χ1v) is 9.13. The number of nitrogens with two attached hydrogens (primary N) is 1. The predicted molar refractivity (Wildman–Crippen MR) is 109 cm³/mol. The maximum Gasteiger partial charge on any atom is 0.240 e. The van der Waals surface area contributed by atoms with Crippen molar-refractivity contribution in [3.8, 4) is 0 Å². The Kier molecular flexibility index (Phi) is 5.24. The smallest absolute Gasteiger partial charge is 0.240 e. The van der Waals surface area contributed by atoms with E-state index in [1.165, 1.54) is 9.36 Å². The fourth-order valence-corrected chi connectivity index (χ4v) is 3.22. The Morgan fingerprint density at radius 2 is 2.04 bits per heavy atom. The van der Waals surface area contributed by atoms with Crippen LogP contribution in [-0.2, 0) is 6.54 Å². The van der Waals surface area contributed by atoms with Crippen LogP contribution in [0.2, 0.25) is 0 Å². The van der Waals surface area contributed by atoms with Crippen molar-refractivity contribution in [1.82, 2.24) is 14.5 Å². The molecule has 1 aromatic heterocycles. The quantitative estimate of drug-likeness (QED) is 0.468. The average Bonchev–Trinajstić information content (AvgIpc) is 2.84. The third-order valence-electron chi connectivity index (χ3n) is 3.92. The molecule has 0 aliphatic heterocycles. The van der Waals surface area contributed by atoms with Crippen molar-refractivity contribution in [2.75, 3.05) is 11.2 Å². The van der Waals surface area contributed by atoms with Crippen molar-refractivity contribution in [3.05, 3.63) is 68.4 Å². The van der Waals surface area contributed by atoms with Crippen LogP contribution < -0.4 is 11.2 Å². The minimum atomic E-state index is -0.0607. The highest BCUT2D eigenvalue weighted by Gasteiger charge is 2.15. The summed E-state index contributed by atoms with van der Waals surface area (Å²) in [5.41, 5.74) is 12.5. The topological polar surface area (TPSA) is 77.9 Å². The maximum absolute atomic E-state index is 12.7. The molecule has 0 bridgehead atoms. The summed E-state index contributed by atoms with van der Waals surface area (Å²) in [5, 5.41) is 4.20. The summed E-state index contributed by atoms with van der Waals surface area (Å²) >= 11 is 8.85. The van der Waals surface area contributed by atoms with Crippen LogP contribution in [0.5, 0.6) is 0 Å². The Morgan fingerprint density at radius 1 is 1.27 bits per heavy atom. The second kappa shape index (κ2) is 7.43. The number of rotatable bonds is 5. The number of halogens is 1. The molecular weight excluding hydrogens is 414 g/mol. The lowest BCUT2D eigenvalue weighted by Crippen LogP contribution is -2.15. The number of anilines is 2. The molecule has 0 fully saturated rings. The van der Waals surface area contributed by atoms with Crippen molar-refractivity contribution in [1.29, 1.82) is 0 Å². The first kappa shape index (κ1) is 18.3. The van der Waals surface area contributed by atoms with E-state index in [4.69, 9.17) is 18.0 Å². The number of benzene rings is 2. The summed E-state index contributed by atoms with van der Waals surface area (Å²) in [6.07, 6.45) is 0. The third-order valence-corrected chi connectivity index (χ3v) is 4.80. The Balaban J connectivity index is 1.87. The van der Waals surface area contributed by atoms with Gasteiger partial charge in [0, 0.05) is 10.0 Å². The molecule has 2 aromatic carbocycles. The van der Waals surface area contributed by atoms with Gasteiger partial charge >= 0.3 is 0 Å². The largest absolute Gasteiger partial charge is 0.366 e. The Labute approximate surface area is 164 Å². The van der Waals surface area contributed by atoms with Crippen molar-refractivity contribution in [2.45, 2.75) is 20.4 Å². The highest BCUT2D eigenvalue weighted by atomic mass is 79.9. The van der Waals surface area contributed by atoms with E-state index >= 15 is 0 Å². The summed E-state index contributed by atoms with van der Waals surface area (Å²) in [5.74, 6) is 0.123. The summed E-state index contributed by atoms with van der Waals surface area (Å²) < 4.78 is 4.15. The van der Waals surface area contributed by atoms with Gasteiger partial charge in [-0.15, -0.1) is 5.10 Å². The molecule has 1 heterocycles. The van der Waals surface area contributed by atoms with Crippen LogP contribution in [0.15, 0.2) is 46.9 Å². The van der Waals surface area contributed by atoms with Crippen molar-refractivity contribution >= 4 is 45.6 Å². The van der Waals surface area contributed by atoms with Crippen molar-refractivity contribution in [2.24, 2.45) is 0 Å². The average molecular weight is 432 g/mol. The Bertz CT molecular complexity index is 1040. The number of carbonyl (C=O) groups excluding carboxylic acids is 1. The van der Waals surface area contributed by atoms with E-state index in [9.17, 15) is 4.79 Å². The van der Waals surface area contributed by atoms with Gasteiger partial charge in [-0.1, -0.05) is 39.7 Å². The molecule has 8 heteroatoms.